The maximum absolute atomic E-state index is 9.50. The van der Waals surface area contributed by atoms with Gasteiger partial charge < -0.3 is 10.4 Å². The highest BCUT2D eigenvalue weighted by Gasteiger charge is 2.18. The second-order valence-corrected chi connectivity index (χ2v) is 9.33. The van der Waals surface area contributed by atoms with E-state index in [4.69, 9.17) is 0 Å². The largest absolute Gasteiger partial charge is 0.411 e. The molecule has 0 unspecified atom stereocenters. The molecule has 0 radical (unpaired) electrons. The lowest BCUT2D eigenvalue weighted by Gasteiger charge is -2.24. The third-order valence-corrected chi connectivity index (χ3v) is 6.04. The quantitative estimate of drug-likeness (QED) is 0.124. The van der Waals surface area contributed by atoms with Crippen molar-refractivity contribution in [2.24, 2.45) is 15.7 Å². The highest BCUT2D eigenvalue weighted by atomic mass is 16.4. The monoisotopic (exact) mass is 416 g/mol. The van der Waals surface area contributed by atoms with Crippen LogP contribution in [0.5, 0.6) is 0 Å². The SMILES string of the molecule is CCCCCCCC(C)(C)CCc1ccc(C(=N/O)/C(CCCCCC)=N/O)cc1. The number of benzene rings is 1. The fourth-order valence-electron chi connectivity index (χ4n) is 3.86. The van der Waals surface area contributed by atoms with Crippen molar-refractivity contribution in [3.8, 4) is 0 Å². The molecular weight excluding hydrogens is 372 g/mol. The van der Waals surface area contributed by atoms with Crippen LogP contribution in [0.3, 0.4) is 0 Å². The third kappa shape index (κ3) is 10.3. The zero-order valence-electron chi connectivity index (χ0n) is 19.8. The average molecular weight is 417 g/mol. The molecule has 2 N–H and O–H groups in total. The van der Waals surface area contributed by atoms with E-state index in [0.29, 0.717) is 23.3 Å². The molecule has 1 rings (SSSR count). The lowest BCUT2D eigenvalue weighted by atomic mass is 9.81. The predicted molar refractivity (Wildman–Crippen MR) is 128 cm³/mol. The van der Waals surface area contributed by atoms with Gasteiger partial charge in [-0.05, 0) is 43.1 Å². The molecule has 0 bridgehead atoms. The van der Waals surface area contributed by atoms with Crippen molar-refractivity contribution in [3.63, 3.8) is 0 Å². The number of unbranched alkanes of at least 4 members (excludes halogenated alkanes) is 7. The number of rotatable bonds is 16. The minimum atomic E-state index is 0.359. The molecule has 0 atom stereocenters. The van der Waals surface area contributed by atoms with E-state index in [9.17, 15) is 10.4 Å². The van der Waals surface area contributed by atoms with E-state index >= 15 is 0 Å². The van der Waals surface area contributed by atoms with E-state index in [0.717, 1.165) is 37.7 Å². The van der Waals surface area contributed by atoms with Crippen LogP contribution in [0.15, 0.2) is 34.6 Å². The Morgan fingerprint density at radius 1 is 0.767 bits per heavy atom. The van der Waals surface area contributed by atoms with Crippen molar-refractivity contribution >= 4 is 11.4 Å². The third-order valence-electron chi connectivity index (χ3n) is 6.04. The van der Waals surface area contributed by atoms with Crippen LogP contribution in [0.2, 0.25) is 0 Å². The van der Waals surface area contributed by atoms with Crippen LogP contribution >= 0.6 is 0 Å². The van der Waals surface area contributed by atoms with Crippen LogP contribution in [0.1, 0.15) is 116 Å². The lowest BCUT2D eigenvalue weighted by Crippen LogP contribution is -2.16. The zero-order valence-corrected chi connectivity index (χ0v) is 19.8. The molecule has 0 saturated carbocycles. The Morgan fingerprint density at radius 2 is 1.37 bits per heavy atom. The van der Waals surface area contributed by atoms with Crippen LogP contribution < -0.4 is 0 Å². The number of hydrogen-bond donors (Lipinski definition) is 2. The molecule has 30 heavy (non-hydrogen) atoms. The van der Waals surface area contributed by atoms with Gasteiger partial charge in [0.2, 0.25) is 0 Å². The molecule has 170 valence electrons. The topological polar surface area (TPSA) is 65.2 Å². The van der Waals surface area contributed by atoms with Gasteiger partial charge in [0.25, 0.3) is 0 Å². The molecule has 4 nitrogen and oxygen atoms in total. The van der Waals surface area contributed by atoms with Gasteiger partial charge in [-0.1, -0.05) is 114 Å². The van der Waals surface area contributed by atoms with E-state index in [1.54, 1.807) is 0 Å². The molecule has 4 heteroatoms. The van der Waals surface area contributed by atoms with E-state index in [-0.39, 0.29) is 0 Å². The molecule has 0 aromatic heterocycles. The Balaban J connectivity index is 2.58. The Morgan fingerprint density at radius 3 is 1.93 bits per heavy atom. The van der Waals surface area contributed by atoms with Crippen molar-refractivity contribution < 1.29 is 10.4 Å². The van der Waals surface area contributed by atoms with E-state index in [1.165, 1.54) is 50.5 Å². The van der Waals surface area contributed by atoms with Gasteiger partial charge in [-0.2, -0.15) is 0 Å². The minimum Gasteiger partial charge on any atom is -0.411 e. The molecule has 0 amide bonds. The lowest BCUT2D eigenvalue weighted by molar-refractivity contribution is 0.294. The summed E-state index contributed by atoms with van der Waals surface area (Å²) in [7, 11) is 0. The predicted octanol–water partition coefficient (Wildman–Crippen LogP) is 7.98. The van der Waals surface area contributed by atoms with Crippen LogP contribution in [0.4, 0.5) is 0 Å². The Kier molecular flexibility index (Phi) is 13.1. The van der Waals surface area contributed by atoms with Gasteiger partial charge in [-0.25, -0.2) is 0 Å². The number of nitrogens with zero attached hydrogens (tertiary/aromatic N) is 2. The van der Waals surface area contributed by atoms with Crippen molar-refractivity contribution in [1.29, 1.82) is 0 Å². The Bertz CT molecular complexity index is 633. The standard InChI is InChI=1S/C26H44N2O2/c1-5-7-9-11-13-20-26(3,4)21-19-22-15-17-23(18-16-22)25(28-30)24(27-29)14-12-10-8-6-2/h15-18,29-30H,5-14,19-21H2,1-4H3/b27-24+,28-25-. The summed E-state index contributed by atoms with van der Waals surface area (Å²) in [6.45, 7) is 9.17. The maximum Gasteiger partial charge on any atom is 0.134 e. The van der Waals surface area contributed by atoms with Gasteiger partial charge in [-0.3, -0.25) is 0 Å². The van der Waals surface area contributed by atoms with Crippen LogP contribution in [-0.4, -0.2) is 21.8 Å². The summed E-state index contributed by atoms with van der Waals surface area (Å²) in [6, 6.07) is 8.15. The molecule has 0 aliphatic heterocycles. The molecule has 0 fully saturated rings. The summed E-state index contributed by atoms with van der Waals surface area (Å²) in [6.07, 6.45) is 15.1. The Labute approximate surface area is 184 Å². The molecule has 0 aliphatic carbocycles. The average Bonchev–Trinajstić information content (AvgIpc) is 2.75. The smallest absolute Gasteiger partial charge is 0.134 e. The van der Waals surface area contributed by atoms with Gasteiger partial charge in [-0.15, -0.1) is 0 Å². The first-order valence-corrected chi connectivity index (χ1v) is 12.0. The van der Waals surface area contributed by atoms with Crippen molar-refractivity contribution in [1.82, 2.24) is 0 Å². The highest BCUT2D eigenvalue weighted by Crippen LogP contribution is 2.29. The van der Waals surface area contributed by atoms with Crippen molar-refractivity contribution in [2.75, 3.05) is 0 Å². The summed E-state index contributed by atoms with van der Waals surface area (Å²) in [5, 5.41) is 25.7. The van der Waals surface area contributed by atoms with Gasteiger partial charge in [0.05, 0.1) is 0 Å². The summed E-state index contributed by atoms with van der Waals surface area (Å²) >= 11 is 0. The fourth-order valence-corrected chi connectivity index (χ4v) is 3.86. The zero-order chi connectivity index (χ0) is 22.2. The molecule has 0 heterocycles. The normalized spacial score (nSPS) is 13.1. The van der Waals surface area contributed by atoms with Gasteiger partial charge in [0.1, 0.15) is 11.4 Å². The highest BCUT2D eigenvalue weighted by molar-refractivity contribution is 6.48. The van der Waals surface area contributed by atoms with Gasteiger partial charge in [0, 0.05) is 5.56 Å². The van der Waals surface area contributed by atoms with Crippen LogP contribution in [0, 0.1) is 5.41 Å². The summed E-state index contributed by atoms with van der Waals surface area (Å²) in [5.74, 6) is 0. The number of hydrogen-bond acceptors (Lipinski definition) is 4. The summed E-state index contributed by atoms with van der Waals surface area (Å²) in [4.78, 5) is 0. The van der Waals surface area contributed by atoms with E-state index in [2.05, 4.69) is 50.1 Å². The first kappa shape index (κ1) is 26.2. The van der Waals surface area contributed by atoms with E-state index < -0.39 is 0 Å². The fraction of sp³-hybridized carbons (Fsp3) is 0.692. The second-order valence-electron chi connectivity index (χ2n) is 9.33. The van der Waals surface area contributed by atoms with Gasteiger partial charge >= 0.3 is 0 Å². The van der Waals surface area contributed by atoms with Crippen molar-refractivity contribution in [2.45, 2.75) is 111 Å². The molecular formula is C26H44N2O2. The molecule has 1 aromatic carbocycles. The second kappa shape index (κ2) is 15.0. The van der Waals surface area contributed by atoms with Crippen molar-refractivity contribution in [3.05, 3.63) is 35.4 Å². The van der Waals surface area contributed by atoms with Gasteiger partial charge in [0.15, 0.2) is 0 Å². The summed E-state index contributed by atoms with van der Waals surface area (Å²) < 4.78 is 0. The first-order chi connectivity index (χ1) is 14.5. The summed E-state index contributed by atoms with van der Waals surface area (Å²) in [5.41, 5.74) is 3.26. The molecule has 0 aliphatic rings. The maximum atomic E-state index is 9.50. The molecule has 1 aromatic rings. The number of oxime groups is 2. The number of aryl methyl sites for hydroxylation is 1. The first-order valence-electron chi connectivity index (χ1n) is 12.0. The Hall–Kier alpha value is -1.84. The van der Waals surface area contributed by atoms with E-state index in [1.807, 2.05) is 12.1 Å². The van der Waals surface area contributed by atoms with Crippen LogP contribution in [-0.2, 0) is 6.42 Å². The van der Waals surface area contributed by atoms with Crippen LogP contribution in [0.25, 0.3) is 0 Å². The molecule has 0 spiro atoms. The minimum absolute atomic E-state index is 0.359. The molecule has 0 saturated heterocycles.